The van der Waals surface area contributed by atoms with Gasteiger partial charge in [-0.25, -0.2) is 8.42 Å². The molecule has 0 aromatic heterocycles. The van der Waals surface area contributed by atoms with Crippen molar-refractivity contribution in [3.05, 3.63) is 23.8 Å². The van der Waals surface area contributed by atoms with E-state index in [4.69, 9.17) is 0 Å². The van der Waals surface area contributed by atoms with E-state index in [9.17, 15) is 13.5 Å². The van der Waals surface area contributed by atoms with Crippen LogP contribution in [0.25, 0.3) is 0 Å². The summed E-state index contributed by atoms with van der Waals surface area (Å²) >= 11 is 0. The summed E-state index contributed by atoms with van der Waals surface area (Å²) < 4.78 is 24.5. The number of hydrogen-bond acceptors (Lipinski definition) is 3. The van der Waals surface area contributed by atoms with Crippen LogP contribution in [0.4, 0.5) is 5.69 Å². The van der Waals surface area contributed by atoms with Gasteiger partial charge in [0.2, 0.25) is 10.0 Å². The van der Waals surface area contributed by atoms with Gasteiger partial charge < -0.3 is 5.11 Å². The first-order chi connectivity index (χ1) is 7.09. The second-order valence-corrected chi connectivity index (χ2v) is 6.60. The molecule has 0 spiro atoms. The Morgan fingerprint density at radius 3 is 2.25 bits per heavy atom. The van der Waals surface area contributed by atoms with E-state index < -0.39 is 10.0 Å². The largest absolute Gasteiger partial charge is 0.506 e. The zero-order valence-corrected chi connectivity index (χ0v) is 10.7. The number of phenols is 1. The molecule has 0 bridgehead atoms. The van der Waals surface area contributed by atoms with Crippen molar-refractivity contribution in [1.82, 2.24) is 0 Å². The number of hydrogen-bond donors (Lipinski definition) is 2. The van der Waals surface area contributed by atoms with Crippen molar-refractivity contribution in [3.63, 3.8) is 0 Å². The van der Waals surface area contributed by atoms with Crippen LogP contribution in [0.5, 0.6) is 5.75 Å². The summed E-state index contributed by atoms with van der Waals surface area (Å²) in [6, 6.07) is 4.92. The third-order valence-corrected chi connectivity index (χ3v) is 2.75. The highest BCUT2D eigenvalue weighted by Gasteiger charge is 2.16. The fourth-order valence-electron chi connectivity index (χ4n) is 1.28. The number of aromatic hydroxyl groups is 1. The molecule has 1 aromatic rings. The van der Waals surface area contributed by atoms with E-state index in [1.165, 1.54) is 6.07 Å². The van der Waals surface area contributed by atoms with Gasteiger partial charge in [-0.3, -0.25) is 4.72 Å². The van der Waals surface area contributed by atoms with E-state index in [-0.39, 0.29) is 16.9 Å². The molecule has 0 aliphatic rings. The van der Waals surface area contributed by atoms with E-state index in [1.807, 2.05) is 20.8 Å². The van der Waals surface area contributed by atoms with Gasteiger partial charge in [-0.15, -0.1) is 0 Å². The summed E-state index contributed by atoms with van der Waals surface area (Å²) in [5.41, 5.74) is 1.08. The van der Waals surface area contributed by atoms with Crippen molar-refractivity contribution in [2.45, 2.75) is 26.2 Å². The first-order valence-corrected chi connectivity index (χ1v) is 6.80. The highest BCUT2D eigenvalue weighted by molar-refractivity contribution is 7.92. The second kappa shape index (κ2) is 3.97. The normalized spacial score (nSPS) is 12.5. The fraction of sp³-hybridized carbons (Fsp3) is 0.455. The predicted octanol–water partition coefficient (Wildman–Crippen LogP) is 2.06. The molecule has 0 aliphatic heterocycles. The minimum Gasteiger partial charge on any atom is -0.506 e. The van der Waals surface area contributed by atoms with Gasteiger partial charge in [-0.1, -0.05) is 26.8 Å². The van der Waals surface area contributed by atoms with Crippen LogP contribution in [-0.4, -0.2) is 19.8 Å². The van der Waals surface area contributed by atoms with Gasteiger partial charge in [0.05, 0.1) is 11.9 Å². The van der Waals surface area contributed by atoms with Crippen molar-refractivity contribution in [3.8, 4) is 5.75 Å². The lowest BCUT2D eigenvalue weighted by Gasteiger charge is -2.20. The Bertz CT molecular complexity index is 486. The second-order valence-electron chi connectivity index (χ2n) is 4.86. The standard InChI is InChI=1S/C11H17NO3S/c1-11(2,3)8-5-6-10(13)9(7-8)12-16(4,14)15/h5-7,12-13H,1-4H3. The third-order valence-electron chi connectivity index (χ3n) is 2.16. The molecule has 0 aliphatic carbocycles. The van der Waals surface area contributed by atoms with Gasteiger partial charge in [0.1, 0.15) is 5.75 Å². The summed E-state index contributed by atoms with van der Waals surface area (Å²) in [4.78, 5) is 0. The van der Waals surface area contributed by atoms with Crippen LogP contribution in [0.1, 0.15) is 26.3 Å². The lowest BCUT2D eigenvalue weighted by Crippen LogP contribution is -2.13. The Balaban J connectivity index is 3.20. The summed E-state index contributed by atoms with van der Waals surface area (Å²) in [6.07, 6.45) is 1.05. The first-order valence-electron chi connectivity index (χ1n) is 4.91. The third kappa shape index (κ3) is 3.41. The first kappa shape index (κ1) is 12.8. The van der Waals surface area contributed by atoms with Crippen LogP contribution < -0.4 is 4.72 Å². The molecular formula is C11H17NO3S. The number of benzene rings is 1. The van der Waals surface area contributed by atoms with Crippen LogP contribution >= 0.6 is 0 Å². The molecule has 0 saturated carbocycles. The fourth-order valence-corrected chi connectivity index (χ4v) is 1.85. The predicted molar refractivity (Wildman–Crippen MR) is 65.3 cm³/mol. The average Bonchev–Trinajstić information content (AvgIpc) is 2.04. The highest BCUT2D eigenvalue weighted by Crippen LogP contribution is 2.30. The molecule has 0 radical (unpaired) electrons. The Kier molecular flexibility index (Phi) is 3.19. The van der Waals surface area contributed by atoms with E-state index in [0.29, 0.717) is 0 Å². The molecule has 0 saturated heterocycles. The molecule has 4 nitrogen and oxygen atoms in total. The van der Waals surface area contributed by atoms with Crippen LogP contribution in [0.15, 0.2) is 18.2 Å². The SMILES string of the molecule is CC(C)(C)c1ccc(O)c(NS(C)(=O)=O)c1. The summed E-state index contributed by atoms with van der Waals surface area (Å²) in [7, 11) is -3.37. The molecule has 1 rings (SSSR count). The van der Waals surface area contributed by atoms with Gasteiger partial charge in [0, 0.05) is 0 Å². The Labute approximate surface area is 96.4 Å². The minimum absolute atomic E-state index is 0.0709. The van der Waals surface area contributed by atoms with Crippen LogP contribution in [-0.2, 0) is 15.4 Å². The van der Waals surface area contributed by atoms with Crippen molar-refractivity contribution in [2.75, 3.05) is 11.0 Å². The molecule has 0 atom stereocenters. The maximum atomic E-state index is 11.1. The van der Waals surface area contributed by atoms with Gasteiger partial charge in [0.15, 0.2) is 0 Å². The van der Waals surface area contributed by atoms with E-state index in [2.05, 4.69) is 4.72 Å². The lowest BCUT2D eigenvalue weighted by atomic mass is 9.87. The molecule has 16 heavy (non-hydrogen) atoms. The smallest absolute Gasteiger partial charge is 0.229 e. The Morgan fingerprint density at radius 1 is 1.25 bits per heavy atom. The number of phenolic OH excluding ortho intramolecular Hbond substituents is 1. The summed E-state index contributed by atoms with van der Waals surface area (Å²) in [5, 5.41) is 9.54. The zero-order valence-electron chi connectivity index (χ0n) is 9.90. The molecule has 90 valence electrons. The maximum absolute atomic E-state index is 11.1. The Hall–Kier alpha value is -1.23. The van der Waals surface area contributed by atoms with Crippen molar-refractivity contribution in [1.29, 1.82) is 0 Å². The molecule has 5 heteroatoms. The van der Waals surface area contributed by atoms with E-state index >= 15 is 0 Å². The van der Waals surface area contributed by atoms with Gasteiger partial charge in [-0.05, 0) is 23.1 Å². The monoisotopic (exact) mass is 243 g/mol. The average molecular weight is 243 g/mol. The van der Waals surface area contributed by atoms with Crippen molar-refractivity contribution < 1.29 is 13.5 Å². The molecule has 0 heterocycles. The van der Waals surface area contributed by atoms with Gasteiger partial charge >= 0.3 is 0 Å². The summed E-state index contributed by atoms with van der Waals surface area (Å²) in [5.74, 6) is -0.0709. The van der Waals surface area contributed by atoms with Gasteiger partial charge in [0.25, 0.3) is 0 Å². The molecule has 0 unspecified atom stereocenters. The molecule has 2 N–H and O–H groups in total. The molecule has 0 amide bonds. The van der Waals surface area contributed by atoms with Crippen LogP contribution in [0.3, 0.4) is 0 Å². The van der Waals surface area contributed by atoms with E-state index in [0.717, 1.165) is 11.8 Å². The molecular weight excluding hydrogens is 226 g/mol. The van der Waals surface area contributed by atoms with Gasteiger partial charge in [-0.2, -0.15) is 0 Å². The number of nitrogens with one attached hydrogen (secondary N) is 1. The number of sulfonamides is 1. The number of anilines is 1. The summed E-state index contributed by atoms with van der Waals surface area (Å²) in [6.45, 7) is 6.05. The Morgan fingerprint density at radius 2 is 1.81 bits per heavy atom. The van der Waals surface area contributed by atoms with Crippen molar-refractivity contribution in [2.24, 2.45) is 0 Å². The molecule has 1 aromatic carbocycles. The zero-order chi connectivity index (χ0) is 12.6. The quantitative estimate of drug-likeness (QED) is 0.781. The van der Waals surface area contributed by atoms with Crippen LogP contribution in [0, 0.1) is 0 Å². The number of rotatable bonds is 2. The minimum atomic E-state index is -3.37. The van der Waals surface area contributed by atoms with Crippen molar-refractivity contribution >= 4 is 15.7 Å². The maximum Gasteiger partial charge on any atom is 0.229 e. The molecule has 0 fully saturated rings. The highest BCUT2D eigenvalue weighted by atomic mass is 32.2. The lowest BCUT2D eigenvalue weighted by molar-refractivity contribution is 0.476. The topological polar surface area (TPSA) is 66.4 Å². The van der Waals surface area contributed by atoms with E-state index in [1.54, 1.807) is 12.1 Å². The van der Waals surface area contributed by atoms with Crippen LogP contribution in [0.2, 0.25) is 0 Å².